The summed E-state index contributed by atoms with van der Waals surface area (Å²) in [6.45, 7) is 1.58. The highest BCUT2D eigenvalue weighted by Crippen LogP contribution is 2.44. The van der Waals surface area contributed by atoms with Crippen LogP contribution in [0.1, 0.15) is 33.6 Å². The van der Waals surface area contributed by atoms with Gasteiger partial charge in [-0.15, -0.1) is 0 Å². The molecular weight excluding hydrogens is 312 g/mol. The number of hydrogen-bond donors (Lipinski definition) is 1. The molecule has 2 saturated heterocycles. The van der Waals surface area contributed by atoms with Crippen molar-refractivity contribution in [2.45, 2.75) is 18.9 Å². The van der Waals surface area contributed by atoms with Gasteiger partial charge in [0.15, 0.2) is 0 Å². The number of ether oxygens (including phenoxy) is 1. The number of benzene rings is 1. The third-order valence-electron chi connectivity index (χ3n) is 5.54. The van der Waals surface area contributed by atoms with Gasteiger partial charge in [0.05, 0.1) is 30.4 Å². The van der Waals surface area contributed by atoms with Gasteiger partial charge in [-0.05, 0) is 25.0 Å². The van der Waals surface area contributed by atoms with Crippen LogP contribution in [0.4, 0.5) is 4.79 Å². The molecule has 3 aliphatic rings. The van der Waals surface area contributed by atoms with Crippen molar-refractivity contribution in [3.05, 3.63) is 35.4 Å². The largest absolute Gasteiger partial charge is 0.465 e. The fraction of sp³-hybridized carbons (Fsp3) is 0.471. The van der Waals surface area contributed by atoms with E-state index < -0.39 is 6.09 Å². The molecule has 24 heavy (non-hydrogen) atoms. The Bertz CT molecular complexity index is 688. The topological polar surface area (TPSA) is 87.2 Å². The second-order valence-corrected chi connectivity index (χ2v) is 6.69. The fourth-order valence-electron chi connectivity index (χ4n) is 4.11. The Morgan fingerprint density at radius 3 is 2.25 bits per heavy atom. The average molecular weight is 330 g/mol. The number of hydrogen-bond acceptors (Lipinski definition) is 4. The van der Waals surface area contributed by atoms with E-state index in [2.05, 4.69) is 0 Å². The Morgan fingerprint density at radius 2 is 1.71 bits per heavy atom. The maximum Gasteiger partial charge on any atom is 0.407 e. The molecule has 4 rings (SSSR count). The highest BCUT2D eigenvalue weighted by atomic mass is 16.5. The predicted molar refractivity (Wildman–Crippen MR) is 82.8 cm³/mol. The first-order valence-corrected chi connectivity index (χ1v) is 8.06. The van der Waals surface area contributed by atoms with Gasteiger partial charge in [0.25, 0.3) is 11.8 Å². The highest BCUT2D eigenvalue weighted by Gasteiger charge is 2.53. The lowest BCUT2D eigenvalue weighted by atomic mass is 9.74. The van der Waals surface area contributed by atoms with E-state index in [1.54, 1.807) is 24.3 Å². The van der Waals surface area contributed by atoms with Crippen molar-refractivity contribution in [1.29, 1.82) is 0 Å². The molecule has 1 N–H and O–H groups in total. The Labute approximate surface area is 138 Å². The van der Waals surface area contributed by atoms with Gasteiger partial charge >= 0.3 is 6.09 Å². The van der Waals surface area contributed by atoms with Gasteiger partial charge in [0, 0.05) is 18.5 Å². The molecule has 0 saturated carbocycles. The lowest BCUT2D eigenvalue weighted by Crippen LogP contribution is -2.54. The number of carbonyl (C=O) groups is 3. The van der Waals surface area contributed by atoms with Crippen LogP contribution in [0.3, 0.4) is 0 Å². The van der Waals surface area contributed by atoms with E-state index in [1.165, 1.54) is 9.80 Å². The fourth-order valence-corrected chi connectivity index (χ4v) is 4.11. The molecular formula is C17H18N2O5. The van der Waals surface area contributed by atoms with Crippen LogP contribution >= 0.6 is 0 Å². The second-order valence-electron chi connectivity index (χ2n) is 6.69. The van der Waals surface area contributed by atoms with E-state index >= 15 is 0 Å². The van der Waals surface area contributed by atoms with Crippen molar-refractivity contribution < 1.29 is 24.2 Å². The summed E-state index contributed by atoms with van der Waals surface area (Å²) in [5.74, 6) is -0.544. The SMILES string of the molecule is O=C(O)N1CCC2(CC1)COCC2N1C(=O)c2ccccc2C1=O. The molecule has 7 nitrogen and oxygen atoms in total. The Balaban J connectivity index is 1.62. The van der Waals surface area contributed by atoms with Gasteiger partial charge in [-0.1, -0.05) is 12.1 Å². The Morgan fingerprint density at radius 1 is 1.12 bits per heavy atom. The molecule has 1 spiro atoms. The monoisotopic (exact) mass is 330 g/mol. The third-order valence-corrected chi connectivity index (χ3v) is 5.54. The minimum atomic E-state index is -0.930. The molecule has 7 heteroatoms. The van der Waals surface area contributed by atoms with Crippen LogP contribution in [0.15, 0.2) is 24.3 Å². The molecule has 3 heterocycles. The van der Waals surface area contributed by atoms with Gasteiger partial charge in [-0.25, -0.2) is 4.79 Å². The molecule has 1 aromatic rings. The molecule has 0 aromatic heterocycles. The van der Waals surface area contributed by atoms with Crippen molar-refractivity contribution in [3.63, 3.8) is 0 Å². The van der Waals surface area contributed by atoms with Gasteiger partial charge in [0.1, 0.15) is 0 Å². The van der Waals surface area contributed by atoms with Crippen LogP contribution in [0.2, 0.25) is 0 Å². The van der Waals surface area contributed by atoms with Crippen molar-refractivity contribution in [3.8, 4) is 0 Å². The van der Waals surface area contributed by atoms with Gasteiger partial charge in [0.2, 0.25) is 0 Å². The first-order valence-electron chi connectivity index (χ1n) is 8.06. The van der Waals surface area contributed by atoms with Gasteiger partial charge in [-0.3, -0.25) is 14.5 Å². The van der Waals surface area contributed by atoms with E-state index in [9.17, 15) is 14.4 Å². The maximum atomic E-state index is 12.7. The predicted octanol–water partition coefficient (Wildman–Crippen LogP) is 1.44. The average Bonchev–Trinajstić information content (AvgIpc) is 3.08. The van der Waals surface area contributed by atoms with E-state index in [0.29, 0.717) is 50.3 Å². The minimum Gasteiger partial charge on any atom is -0.465 e. The molecule has 2 fully saturated rings. The first kappa shape index (κ1) is 15.1. The normalized spacial score (nSPS) is 25.4. The van der Waals surface area contributed by atoms with Crippen molar-refractivity contribution in [2.24, 2.45) is 5.41 Å². The molecule has 0 radical (unpaired) electrons. The molecule has 3 amide bonds. The molecule has 1 atom stereocenters. The van der Waals surface area contributed by atoms with E-state index in [1.807, 2.05) is 0 Å². The molecule has 126 valence electrons. The number of rotatable bonds is 1. The van der Waals surface area contributed by atoms with Crippen LogP contribution in [-0.2, 0) is 4.74 Å². The third kappa shape index (κ3) is 2.04. The maximum absolute atomic E-state index is 12.7. The summed E-state index contributed by atoms with van der Waals surface area (Å²) in [5.41, 5.74) is 0.527. The van der Waals surface area contributed by atoms with Crippen LogP contribution in [0, 0.1) is 5.41 Å². The minimum absolute atomic E-state index is 0.272. The number of piperidine rings is 1. The van der Waals surface area contributed by atoms with Gasteiger partial charge in [-0.2, -0.15) is 0 Å². The zero-order chi connectivity index (χ0) is 16.9. The zero-order valence-electron chi connectivity index (χ0n) is 13.1. The van der Waals surface area contributed by atoms with Crippen LogP contribution in [0.25, 0.3) is 0 Å². The summed E-state index contributed by atoms with van der Waals surface area (Å²) < 4.78 is 5.64. The number of carboxylic acid groups (broad SMARTS) is 1. The number of imide groups is 1. The number of nitrogens with zero attached hydrogens (tertiary/aromatic N) is 2. The molecule has 0 bridgehead atoms. The van der Waals surface area contributed by atoms with E-state index in [0.717, 1.165) is 0 Å². The second kappa shape index (κ2) is 5.31. The van der Waals surface area contributed by atoms with Crippen molar-refractivity contribution >= 4 is 17.9 Å². The lowest BCUT2D eigenvalue weighted by Gasteiger charge is -2.43. The summed E-state index contributed by atoms with van der Waals surface area (Å²) in [6, 6.07) is 6.51. The van der Waals surface area contributed by atoms with E-state index in [4.69, 9.17) is 9.84 Å². The van der Waals surface area contributed by atoms with Crippen molar-refractivity contribution in [2.75, 3.05) is 26.3 Å². The molecule has 1 unspecified atom stereocenters. The summed E-state index contributed by atoms with van der Waals surface area (Å²) in [5, 5.41) is 9.13. The summed E-state index contributed by atoms with van der Waals surface area (Å²) in [7, 11) is 0. The smallest absolute Gasteiger partial charge is 0.407 e. The Hall–Kier alpha value is -2.41. The first-order chi connectivity index (χ1) is 11.5. The molecule has 1 aromatic carbocycles. The summed E-state index contributed by atoms with van der Waals surface area (Å²) >= 11 is 0. The van der Waals surface area contributed by atoms with Crippen LogP contribution in [-0.4, -0.2) is 65.2 Å². The number of fused-ring (bicyclic) bond motifs is 1. The number of amides is 3. The van der Waals surface area contributed by atoms with E-state index in [-0.39, 0.29) is 23.3 Å². The highest BCUT2D eigenvalue weighted by molar-refractivity contribution is 6.21. The number of likely N-dealkylation sites (tertiary alicyclic amines) is 1. The van der Waals surface area contributed by atoms with Gasteiger partial charge < -0.3 is 14.7 Å². The van der Waals surface area contributed by atoms with Crippen LogP contribution in [0.5, 0.6) is 0 Å². The van der Waals surface area contributed by atoms with Crippen molar-refractivity contribution in [1.82, 2.24) is 9.80 Å². The molecule has 3 aliphatic heterocycles. The lowest BCUT2D eigenvalue weighted by molar-refractivity contribution is 0.0295. The summed E-state index contributed by atoms with van der Waals surface area (Å²) in [4.78, 5) is 39.3. The van der Waals surface area contributed by atoms with Crippen LogP contribution < -0.4 is 0 Å². The Kier molecular flexibility index (Phi) is 3.35. The standard InChI is InChI=1S/C17H18N2O5/c20-14-11-3-1-2-4-12(11)15(21)19(14)13-9-24-10-17(13)5-7-18(8-6-17)16(22)23/h1-4,13H,5-10H2,(H,22,23). The number of carbonyl (C=O) groups excluding carboxylic acids is 2. The zero-order valence-corrected chi connectivity index (χ0v) is 13.1. The molecule has 0 aliphatic carbocycles. The summed E-state index contributed by atoms with van der Waals surface area (Å²) in [6.07, 6.45) is 0.260. The quantitative estimate of drug-likeness (QED) is 0.787.